The largest absolute Gasteiger partial charge is 0.856 e. The molecule has 0 spiro atoms. The van der Waals surface area contributed by atoms with Crippen LogP contribution in [0.1, 0.15) is 22.3 Å². The van der Waals surface area contributed by atoms with Gasteiger partial charge in [0.25, 0.3) is 6.33 Å². The smallest absolute Gasteiger partial charge is 0.416 e. The minimum Gasteiger partial charge on any atom is -0.856 e. The third kappa shape index (κ3) is 4.97. The maximum absolute atomic E-state index is 12.6. The second-order valence-corrected chi connectivity index (χ2v) is 6.26. The quantitative estimate of drug-likeness (QED) is 0.385. The molecule has 0 aliphatic rings. The average Bonchev–Trinajstić information content (AvgIpc) is 3.04. The van der Waals surface area contributed by atoms with Gasteiger partial charge in [-0.3, -0.25) is 0 Å². The van der Waals surface area contributed by atoms with Crippen molar-refractivity contribution in [2.75, 3.05) is 0 Å². The van der Waals surface area contributed by atoms with E-state index >= 15 is 0 Å². The Kier molecular flexibility index (Phi) is 5.30. The first-order valence-corrected chi connectivity index (χ1v) is 8.36. The van der Waals surface area contributed by atoms with Gasteiger partial charge in [0, 0.05) is 5.90 Å². The highest BCUT2D eigenvalue weighted by atomic mass is 19.4. The number of rotatable bonds is 5. The fourth-order valence-electron chi connectivity index (χ4n) is 2.62. The molecule has 0 aliphatic heterocycles. The van der Waals surface area contributed by atoms with E-state index in [1.165, 1.54) is 16.8 Å². The van der Waals surface area contributed by atoms with Crippen molar-refractivity contribution in [3.8, 4) is 0 Å². The summed E-state index contributed by atoms with van der Waals surface area (Å²) in [6, 6.07) is 12.3. The van der Waals surface area contributed by atoms with Gasteiger partial charge in [0.15, 0.2) is 6.20 Å². The first-order chi connectivity index (χ1) is 12.8. The molecule has 0 saturated heterocycles. The summed E-state index contributed by atoms with van der Waals surface area (Å²) in [5.74, 6) is -0.347. The van der Waals surface area contributed by atoms with Crippen molar-refractivity contribution in [2.24, 2.45) is 12.1 Å². The van der Waals surface area contributed by atoms with Crippen LogP contribution in [0, 0.1) is 0 Å². The summed E-state index contributed by atoms with van der Waals surface area (Å²) in [7, 11) is 1.84. The molecule has 0 amide bonds. The summed E-state index contributed by atoms with van der Waals surface area (Å²) in [6.45, 7) is 0. The number of hydrogen-bond acceptors (Lipinski definition) is 2. The van der Waals surface area contributed by atoms with Crippen LogP contribution in [0.5, 0.6) is 0 Å². The first kappa shape index (κ1) is 18.7. The third-order valence-corrected chi connectivity index (χ3v) is 4.15. The number of alkyl halides is 3. The first-order valence-electron chi connectivity index (χ1n) is 8.36. The van der Waals surface area contributed by atoms with Gasteiger partial charge in [-0.25, -0.2) is 4.57 Å². The molecule has 0 aliphatic carbocycles. The normalized spacial score (nSPS) is 12.4. The maximum Gasteiger partial charge on any atom is 0.416 e. The van der Waals surface area contributed by atoms with Crippen LogP contribution >= 0.6 is 0 Å². The number of halogens is 3. The lowest BCUT2D eigenvalue weighted by Gasteiger charge is -2.10. The van der Waals surface area contributed by atoms with Crippen molar-refractivity contribution >= 4 is 5.90 Å². The third-order valence-electron chi connectivity index (χ3n) is 4.15. The van der Waals surface area contributed by atoms with Crippen LogP contribution in [-0.4, -0.2) is 10.6 Å². The zero-order valence-electron chi connectivity index (χ0n) is 14.6. The molecular weight excluding hydrogens is 355 g/mol. The van der Waals surface area contributed by atoms with Crippen LogP contribution < -0.4 is 9.67 Å². The van der Waals surface area contributed by atoms with E-state index in [9.17, 15) is 18.3 Å². The van der Waals surface area contributed by atoms with Gasteiger partial charge < -0.3 is 5.11 Å². The minimum atomic E-state index is -4.32. The second-order valence-electron chi connectivity index (χ2n) is 6.26. The van der Waals surface area contributed by atoms with Crippen molar-refractivity contribution in [3.05, 3.63) is 89.5 Å². The van der Waals surface area contributed by atoms with Crippen LogP contribution in [0.4, 0.5) is 13.2 Å². The Bertz CT molecular complexity index is 926. The Hall–Kier alpha value is -3.09. The fraction of sp³-hybridized carbons (Fsp3) is 0.200. The van der Waals surface area contributed by atoms with E-state index in [1.807, 2.05) is 19.2 Å². The number of hydrogen-bond donors (Lipinski definition) is 0. The molecule has 0 atom stereocenters. The van der Waals surface area contributed by atoms with E-state index in [1.54, 1.807) is 35.4 Å². The topological polar surface area (TPSA) is 44.2 Å². The van der Waals surface area contributed by atoms with Crippen molar-refractivity contribution in [3.63, 3.8) is 0 Å². The van der Waals surface area contributed by atoms with Gasteiger partial charge in [-0.2, -0.15) is 13.2 Å². The second kappa shape index (κ2) is 7.65. The van der Waals surface area contributed by atoms with Gasteiger partial charge in [-0.05, 0) is 41.7 Å². The van der Waals surface area contributed by atoms with E-state index in [0.29, 0.717) is 18.4 Å². The number of benzene rings is 2. The van der Waals surface area contributed by atoms with Gasteiger partial charge in [0.2, 0.25) is 0 Å². The molecule has 140 valence electrons. The number of aromatic nitrogens is 2. The van der Waals surface area contributed by atoms with Crippen LogP contribution in [0.3, 0.4) is 0 Å². The number of aryl methyl sites for hydroxylation is 3. The standard InChI is InChI=1S/C20H18F3N3O/c1-25-12-13-26(14-25)24-19(27)17-8-4-15(5-9-17)2-3-16-6-10-18(11-7-16)20(21,22)23/h4-14H,2-3H2,1H3. The van der Waals surface area contributed by atoms with Crippen molar-refractivity contribution in [2.45, 2.75) is 19.0 Å². The van der Waals surface area contributed by atoms with Crippen LogP contribution in [0.2, 0.25) is 0 Å². The number of nitrogens with zero attached hydrogens (tertiary/aromatic N) is 3. The lowest BCUT2D eigenvalue weighted by atomic mass is 10.0. The Balaban J connectivity index is 1.61. The van der Waals surface area contributed by atoms with E-state index in [2.05, 4.69) is 5.10 Å². The molecule has 0 N–H and O–H groups in total. The van der Waals surface area contributed by atoms with E-state index in [4.69, 9.17) is 0 Å². The zero-order valence-corrected chi connectivity index (χ0v) is 14.6. The molecule has 4 nitrogen and oxygen atoms in total. The predicted octanol–water partition coefficient (Wildman–Crippen LogP) is 2.69. The Labute approximate surface area is 154 Å². The molecule has 2 aromatic carbocycles. The maximum atomic E-state index is 12.6. The van der Waals surface area contributed by atoms with E-state index < -0.39 is 11.7 Å². The van der Waals surface area contributed by atoms with Crippen molar-refractivity contribution in [1.82, 2.24) is 4.68 Å². The van der Waals surface area contributed by atoms with Gasteiger partial charge in [0.05, 0.1) is 12.6 Å². The predicted molar refractivity (Wildman–Crippen MR) is 92.8 cm³/mol. The van der Waals surface area contributed by atoms with Gasteiger partial charge in [-0.15, -0.1) is 4.68 Å². The van der Waals surface area contributed by atoms with Gasteiger partial charge in [0.1, 0.15) is 6.20 Å². The van der Waals surface area contributed by atoms with Gasteiger partial charge >= 0.3 is 6.18 Å². The molecule has 0 radical (unpaired) electrons. The molecule has 0 fully saturated rings. The van der Waals surface area contributed by atoms with Crippen molar-refractivity contribution < 1.29 is 22.8 Å². The fourth-order valence-corrected chi connectivity index (χ4v) is 2.62. The SMILES string of the molecule is C[n+]1ccn(/N=C(\[O-])c2ccc(CCc3ccc(C(F)(F)F)cc3)cc2)c1. The lowest BCUT2D eigenvalue weighted by molar-refractivity contribution is -0.671. The highest BCUT2D eigenvalue weighted by Gasteiger charge is 2.29. The molecule has 7 heteroatoms. The lowest BCUT2D eigenvalue weighted by Crippen LogP contribution is -2.24. The van der Waals surface area contributed by atoms with Crippen LogP contribution in [0.25, 0.3) is 0 Å². The summed E-state index contributed by atoms with van der Waals surface area (Å²) in [6.07, 6.45) is 2.11. The highest BCUT2D eigenvalue weighted by molar-refractivity contribution is 5.90. The highest BCUT2D eigenvalue weighted by Crippen LogP contribution is 2.29. The summed E-state index contributed by atoms with van der Waals surface area (Å²) in [5.41, 5.74) is 1.66. The summed E-state index contributed by atoms with van der Waals surface area (Å²) < 4.78 is 40.9. The Morgan fingerprint density at radius 2 is 1.56 bits per heavy atom. The Morgan fingerprint density at radius 3 is 2.04 bits per heavy atom. The monoisotopic (exact) mass is 373 g/mol. The molecule has 0 bridgehead atoms. The average molecular weight is 373 g/mol. The van der Waals surface area contributed by atoms with E-state index in [-0.39, 0.29) is 5.90 Å². The minimum absolute atomic E-state index is 0.347. The summed E-state index contributed by atoms with van der Waals surface area (Å²) in [4.78, 5) is 0. The van der Waals surface area contributed by atoms with Crippen molar-refractivity contribution in [1.29, 1.82) is 0 Å². The molecule has 1 heterocycles. The zero-order chi connectivity index (χ0) is 19.4. The van der Waals surface area contributed by atoms with Gasteiger partial charge in [-0.1, -0.05) is 41.5 Å². The molecule has 3 aromatic rings. The van der Waals surface area contributed by atoms with E-state index in [0.717, 1.165) is 23.3 Å². The van der Waals surface area contributed by atoms with Crippen LogP contribution in [-0.2, 0) is 26.1 Å². The molecule has 3 rings (SSSR count). The summed E-state index contributed by atoms with van der Waals surface area (Å²) in [5, 5.41) is 16.1. The summed E-state index contributed by atoms with van der Waals surface area (Å²) >= 11 is 0. The van der Waals surface area contributed by atoms with Crippen LogP contribution in [0.15, 0.2) is 72.4 Å². The molecule has 27 heavy (non-hydrogen) atoms. The molecular formula is C20H18F3N3O. The Morgan fingerprint density at radius 1 is 1.00 bits per heavy atom. The molecule has 1 aromatic heterocycles. The molecule has 0 saturated carbocycles. The number of imidazole rings is 1. The molecule has 0 unspecified atom stereocenters.